The molecule has 3 aromatic rings. The minimum atomic E-state index is 0.678. The third-order valence-corrected chi connectivity index (χ3v) is 4.30. The number of aromatic nitrogens is 1. The summed E-state index contributed by atoms with van der Waals surface area (Å²) >= 11 is 1.79. The molecule has 1 aromatic heterocycles. The van der Waals surface area contributed by atoms with E-state index in [1.807, 2.05) is 42.5 Å². The van der Waals surface area contributed by atoms with Gasteiger partial charge >= 0.3 is 0 Å². The highest BCUT2D eigenvalue weighted by atomic mass is 32.2. The molecular weight excluding hydrogens is 306 g/mol. The molecule has 4 heteroatoms. The summed E-state index contributed by atoms with van der Waals surface area (Å²) in [6.45, 7) is 2.76. The van der Waals surface area contributed by atoms with Crippen LogP contribution in [-0.4, -0.2) is 17.3 Å². The molecular formula is C19H19NO2S. The summed E-state index contributed by atoms with van der Waals surface area (Å²) in [6, 6.07) is 18.1. The summed E-state index contributed by atoms with van der Waals surface area (Å²) in [6.07, 6.45) is 1.73. The molecule has 0 amide bonds. The van der Waals surface area contributed by atoms with Crippen molar-refractivity contribution in [2.75, 3.05) is 12.4 Å². The Hall–Kier alpha value is -2.20. The predicted octanol–water partition coefficient (Wildman–Crippen LogP) is 4.96. The van der Waals surface area contributed by atoms with Crippen molar-refractivity contribution in [2.45, 2.75) is 12.7 Å². The standard InChI is InChI=1S/C19H19NO2S/c1-15-7-9-18(10-8-15)21-11-12-23-14-17-13-22-19(20-17)16-5-3-2-4-6-16/h2-10,13H,11-12,14H2,1H3. The van der Waals surface area contributed by atoms with Crippen molar-refractivity contribution in [2.24, 2.45) is 0 Å². The van der Waals surface area contributed by atoms with Crippen molar-refractivity contribution in [1.82, 2.24) is 4.98 Å². The number of oxazole rings is 1. The number of benzene rings is 2. The molecule has 0 radical (unpaired) electrons. The maximum atomic E-state index is 5.71. The average molecular weight is 325 g/mol. The zero-order valence-electron chi connectivity index (χ0n) is 13.1. The van der Waals surface area contributed by atoms with Crippen LogP contribution in [-0.2, 0) is 5.75 Å². The molecule has 0 aliphatic rings. The highest BCUT2D eigenvalue weighted by Gasteiger charge is 2.06. The summed E-state index contributed by atoms with van der Waals surface area (Å²) in [4.78, 5) is 4.52. The van der Waals surface area contributed by atoms with Gasteiger partial charge < -0.3 is 9.15 Å². The largest absolute Gasteiger partial charge is 0.493 e. The molecule has 0 N–H and O–H groups in total. The van der Waals surface area contributed by atoms with Gasteiger partial charge in [-0.2, -0.15) is 11.8 Å². The van der Waals surface area contributed by atoms with E-state index in [9.17, 15) is 0 Å². The number of ether oxygens (including phenoxy) is 1. The molecule has 0 fully saturated rings. The molecule has 2 aromatic carbocycles. The topological polar surface area (TPSA) is 35.3 Å². The SMILES string of the molecule is Cc1ccc(OCCSCc2coc(-c3ccccc3)n2)cc1. The Morgan fingerprint density at radius 3 is 2.61 bits per heavy atom. The second-order valence-corrected chi connectivity index (χ2v) is 6.33. The third kappa shape index (κ3) is 4.63. The molecule has 0 aliphatic carbocycles. The Bertz CT molecular complexity index is 723. The second kappa shape index (κ2) is 7.88. The number of rotatable bonds is 7. The van der Waals surface area contributed by atoms with Crippen LogP contribution in [0.5, 0.6) is 5.75 Å². The molecule has 118 valence electrons. The molecule has 0 aliphatic heterocycles. The van der Waals surface area contributed by atoms with Gasteiger partial charge in [0, 0.05) is 17.1 Å². The average Bonchev–Trinajstić information content (AvgIpc) is 3.06. The van der Waals surface area contributed by atoms with Crippen LogP contribution in [0.1, 0.15) is 11.3 Å². The molecule has 23 heavy (non-hydrogen) atoms. The number of nitrogens with zero attached hydrogens (tertiary/aromatic N) is 1. The molecule has 0 saturated heterocycles. The van der Waals surface area contributed by atoms with E-state index >= 15 is 0 Å². The van der Waals surface area contributed by atoms with Crippen LogP contribution >= 0.6 is 11.8 Å². The van der Waals surface area contributed by atoms with Crippen molar-refractivity contribution in [1.29, 1.82) is 0 Å². The highest BCUT2D eigenvalue weighted by molar-refractivity contribution is 7.98. The predicted molar refractivity (Wildman–Crippen MR) is 94.8 cm³/mol. The molecule has 0 spiro atoms. The smallest absolute Gasteiger partial charge is 0.226 e. The fraction of sp³-hybridized carbons (Fsp3) is 0.211. The van der Waals surface area contributed by atoms with Crippen molar-refractivity contribution < 1.29 is 9.15 Å². The van der Waals surface area contributed by atoms with E-state index in [4.69, 9.17) is 9.15 Å². The van der Waals surface area contributed by atoms with E-state index in [1.54, 1.807) is 18.0 Å². The first-order chi connectivity index (χ1) is 11.3. The van der Waals surface area contributed by atoms with E-state index in [1.165, 1.54) is 5.56 Å². The van der Waals surface area contributed by atoms with E-state index in [0.29, 0.717) is 12.5 Å². The maximum absolute atomic E-state index is 5.71. The monoisotopic (exact) mass is 325 g/mol. The van der Waals surface area contributed by atoms with Gasteiger partial charge in [-0.05, 0) is 31.2 Å². The molecule has 0 saturated carbocycles. The Morgan fingerprint density at radius 2 is 1.83 bits per heavy atom. The van der Waals surface area contributed by atoms with Gasteiger partial charge in [0.05, 0.1) is 12.3 Å². The fourth-order valence-corrected chi connectivity index (χ4v) is 2.80. The third-order valence-electron chi connectivity index (χ3n) is 3.34. The van der Waals surface area contributed by atoms with Gasteiger partial charge in [-0.1, -0.05) is 35.9 Å². The van der Waals surface area contributed by atoms with Crippen LogP contribution in [0.25, 0.3) is 11.5 Å². The second-order valence-electron chi connectivity index (χ2n) is 5.22. The minimum absolute atomic E-state index is 0.678. The quantitative estimate of drug-likeness (QED) is 0.575. The zero-order chi connectivity index (χ0) is 15.9. The fourth-order valence-electron chi connectivity index (χ4n) is 2.12. The van der Waals surface area contributed by atoms with Crippen molar-refractivity contribution in [3.8, 4) is 17.2 Å². The number of thioether (sulfide) groups is 1. The summed E-state index contributed by atoms with van der Waals surface area (Å²) in [5.41, 5.74) is 3.21. The number of aryl methyl sites for hydroxylation is 1. The lowest BCUT2D eigenvalue weighted by molar-refractivity contribution is 0.344. The van der Waals surface area contributed by atoms with Crippen LogP contribution in [0.4, 0.5) is 0 Å². The van der Waals surface area contributed by atoms with Gasteiger partial charge in [-0.15, -0.1) is 0 Å². The summed E-state index contributed by atoms with van der Waals surface area (Å²) in [5, 5.41) is 0. The first-order valence-corrected chi connectivity index (χ1v) is 8.74. The van der Waals surface area contributed by atoms with E-state index in [-0.39, 0.29) is 0 Å². The van der Waals surface area contributed by atoms with Gasteiger partial charge in [-0.25, -0.2) is 4.98 Å². The first kappa shape index (κ1) is 15.7. The van der Waals surface area contributed by atoms with Gasteiger partial charge in [0.25, 0.3) is 0 Å². The molecule has 3 rings (SSSR count). The Labute approximate surface area is 140 Å². The zero-order valence-corrected chi connectivity index (χ0v) is 13.9. The lowest BCUT2D eigenvalue weighted by Gasteiger charge is -2.05. The Balaban J connectivity index is 1.41. The van der Waals surface area contributed by atoms with E-state index in [2.05, 4.69) is 24.0 Å². The Morgan fingerprint density at radius 1 is 1.04 bits per heavy atom. The van der Waals surface area contributed by atoms with Crippen LogP contribution < -0.4 is 4.74 Å². The van der Waals surface area contributed by atoms with Crippen LogP contribution in [0, 0.1) is 6.92 Å². The van der Waals surface area contributed by atoms with Crippen molar-refractivity contribution in [3.05, 3.63) is 72.1 Å². The van der Waals surface area contributed by atoms with Crippen LogP contribution in [0.2, 0.25) is 0 Å². The maximum Gasteiger partial charge on any atom is 0.226 e. The van der Waals surface area contributed by atoms with Crippen LogP contribution in [0.15, 0.2) is 65.3 Å². The van der Waals surface area contributed by atoms with Gasteiger partial charge in [-0.3, -0.25) is 0 Å². The van der Waals surface area contributed by atoms with Gasteiger partial charge in [0.1, 0.15) is 12.0 Å². The lowest BCUT2D eigenvalue weighted by atomic mass is 10.2. The number of hydrogen-bond acceptors (Lipinski definition) is 4. The van der Waals surface area contributed by atoms with Crippen LogP contribution in [0.3, 0.4) is 0 Å². The minimum Gasteiger partial charge on any atom is -0.493 e. The lowest BCUT2D eigenvalue weighted by Crippen LogP contribution is -2.00. The highest BCUT2D eigenvalue weighted by Crippen LogP contribution is 2.20. The molecule has 0 bridgehead atoms. The van der Waals surface area contributed by atoms with Crippen molar-refractivity contribution in [3.63, 3.8) is 0 Å². The first-order valence-electron chi connectivity index (χ1n) is 7.58. The Kier molecular flexibility index (Phi) is 5.37. The molecule has 3 nitrogen and oxygen atoms in total. The van der Waals surface area contributed by atoms with E-state index < -0.39 is 0 Å². The normalized spacial score (nSPS) is 10.7. The molecule has 1 heterocycles. The van der Waals surface area contributed by atoms with Crippen molar-refractivity contribution >= 4 is 11.8 Å². The van der Waals surface area contributed by atoms with Gasteiger partial charge in [0.15, 0.2) is 0 Å². The molecule has 0 unspecified atom stereocenters. The summed E-state index contributed by atoms with van der Waals surface area (Å²) in [5.74, 6) is 3.34. The summed E-state index contributed by atoms with van der Waals surface area (Å²) < 4.78 is 11.2. The van der Waals surface area contributed by atoms with E-state index in [0.717, 1.165) is 28.5 Å². The van der Waals surface area contributed by atoms with Gasteiger partial charge in [0.2, 0.25) is 5.89 Å². The number of hydrogen-bond donors (Lipinski definition) is 0. The molecule has 0 atom stereocenters. The summed E-state index contributed by atoms with van der Waals surface area (Å²) in [7, 11) is 0.